The molecule has 5 rings (SSSR count). The third-order valence-electron chi connectivity index (χ3n) is 5.68. The summed E-state index contributed by atoms with van der Waals surface area (Å²) < 4.78 is 0. The molecule has 1 aliphatic rings. The maximum absolute atomic E-state index is 6.24. The van der Waals surface area contributed by atoms with Gasteiger partial charge in [0.1, 0.15) is 0 Å². The van der Waals surface area contributed by atoms with Crippen LogP contribution in [0.5, 0.6) is 0 Å². The molecule has 0 spiro atoms. The number of H-pyrrole nitrogens is 1. The van der Waals surface area contributed by atoms with Crippen LogP contribution in [0.25, 0.3) is 22.5 Å². The van der Waals surface area contributed by atoms with E-state index in [1.54, 1.807) is 0 Å². The molecule has 0 saturated carbocycles. The van der Waals surface area contributed by atoms with E-state index >= 15 is 0 Å². The molecule has 0 radical (unpaired) electrons. The van der Waals surface area contributed by atoms with Gasteiger partial charge >= 0.3 is 0 Å². The van der Waals surface area contributed by atoms with E-state index in [9.17, 15) is 0 Å². The van der Waals surface area contributed by atoms with Gasteiger partial charge in [0.15, 0.2) is 0 Å². The Morgan fingerprint density at radius 2 is 1.83 bits per heavy atom. The van der Waals surface area contributed by atoms with Crippen molar-refractivity contribution in [2.75, 3.05) is 12.3 Å². The number of aryl methyl sites for hydroxylation is 1. The molecular formula is C23H22N6. The number of nitrogens with zero attached hydrogens (tertiary/aromatic N) is 3. The fourth-order valence-electron chi connectivity index (χ4n) is 4.14. The minimum Gasteiger partial charge on any atom is -0.398 e. The topological polar surface area (TPSA) is 92.5 Å². The van der Waals surface area contributed by atoms with Crippen molar-refractivity contribution in [3.8, 4) is 22.5 Å². The molecule has 4 aromatic rings. The number of anilines is 1. The molecule has 29 heavy (non-hydrogen) atoms. The first-order valence-corrected chi connectivity index (χ1v) is 9.76. The van der Waals surface area contributed by atoms with Gasteiger partial charge in [-0.05, 0) is 64.1 Å². The zero-order valence-corrected chi connectivity index (χ0v) is 16.2. The van der Waals surface area contributed by atoms with Crippen LogP contribution in [0.4, 0.5) is 5.69 Å². The van der Waals surface area contributed by atoms with E-state index < -0.39 is 0 Å². The molecule has 1 atom stereocenters. The summed E-state index contributed by atoms with van der Waals surface area (Å²) in [5.74, 6) is 0.600. The van der Waals surface area contributed by atoms with E-state index in [0.29, 0.717) is 5.82 Å². The largest absolute Gasteiger partial charge is 0.398 e. The quantitative estimate of drug-likeness (QED) is 0.470. The molecule has 6 heteroatoms. The van der Waals surface area contributed by atoms with Gasteiger partial charge in [0.25, 0.3) is 0 Å². The Kier molecular flexibility index (Phi) is 4.33. The van der Waals surface area contributed by atoms with Gasteiger partial charge in [-0.1, -0.05) is 48.5 Å². The highest BCUT2D eigenvalue weighted by atomic mass is 15.5. The Hall–Kier alpha value is -3.51. The van der Waals surface area contributed by atoms with Gasteiger partial charge in [-0.2, -0.15) is 5.21 Å². The van der Waals surface area contributed by atoms with Crippen molar-refractivity contribution in [3.63, 3.8) is 0 Å². The number of nitrogens with two attached hydrogens (primary N) is 1. The lowest BCUT2D eigenvalue weighted by Crippen LogP contribution is -2.31. The van der Waals surface area contributed by atoms with Crippen molar-refractivity contribution < 1.29 is 0 Å². The Labute approximate surface area is 169 Å². The lowest BCUT2D eigenvalue weighted by molar-refractivity contribution is 0.569. The van der Waals surface area contributed by atoms with E-state index in [-0.39, 0.29) is 6.04 Å². The van der Waals surface area contributed by atoms with Gasteiger partial charge in [-0.3, -0.25) is 0 Å². The second-order valence-electron chi connectivity index (χ2n) is 7.44. The molecule has 1 aromatic heterocycles. The van der Waals surface area contributed by atoms with Crippen LogP contribution in [0, 0.1) is 6.92 Å². The number of nitrogens with one attached hydrogen (secondary N) is 2. The van der Waals surface area contributed by atoms with Crippen molar-refractivity contribution in [3.05, 3.63) is 82.9 Å². The highest BCUT2D eigenvalue weighted by molar-refractivity contribution is 5.71. The van der Waals surface area contributed by atoms with Crippen LogP contribution >= 0.6 is 0 Å². The minimum absolute atomic E-state index is 0.153. The van der Waals surface area contributed by atoms with Crippen LogP contribution < -0.4 is 11.1 Å². The Balaban J connectivity index is 1.53. The monoisotopic (exact) mass is 382 g/mol. The number of fused-ring (bicyclic) bond motifs is 1. The number of hydrogen-bond donors (Lipinski definition) is 3. The molecule has 144 valence electrons. The van der Waals surface area contributed by atoms with Crippen molar-refractivity contribution in [2.45, 2.75) is 19.4 Å². The van der Waals surface area contributed by atoms with Crippen molar-refractivity contribution >= 4 is 5.69 Å². The molecule has 0 saturated heterocycles. The highest BCUT2D eigenvalue weighted by Gasteiger charge is 2.23. The average Bonchev–Trinajstić information content (AvgIpc) is 3.29. The van der Waals surface area contributed by atoms with E-state index in [2.05, 4.69) is 69.3 Å². The molecule has 6 nitrogen and oxygen atoms in total. The van der Waals surface area contributed by atoms with Crippen molar-refractivity contribution in [1.82, 2.24) is 25.9 Å². The normalized spacial score (nSPS) is 15.8. The SMILES string of the molecule is Cc1ccc(C2NCCc3c(N)cccc32)cc1-c1ccc(-c2nn[nH]n2)cc1. The molecule has 4 N–H and O–H groups in total. The summed E-state index contributed by atoms with van der Waals surface area (Å²) in [5.41, 5.74) is 15.5. The third kappa shape index (κ3) is 3.17. The van der Waals surface area contributed by atoms with Crippen LogP contribution in [0.3, 0.4) is 0 Å². The Morgan fingerprint density at radius 3 is 2.62 bits per heavy atom. The molecule has 0 fully saturated rings. The zero-order valence-electron chi connectivity index (χ0n) is 16.2. The molecule has 0 aliphatic carbocycles. The summed E-state index contributed by atoms with van der Waals surface area (Å²) >= 11 is 0. The summed E-state index contributed by atoms with van der Waals surface area (Å²) in [6, 6.07) is 21.3. The van der Waals surface area contributed by atoms with Gasteiger partial charge in [0.2, 0.25) is 5.82 Å². The smallest absolute Gasteiger partial charge is 0.204 e. The Bertz CT molecular complexity index is 1150. The van der Waals surface area contributed by atoms with Crippen molar-refractivity contribution in [1.29, 1.82) is 0 Å². The van der Waals surface area contributed by atoms with Gasteiger partial charge in [-0.25, -0.2) is 0 Å². The molecule has 3 aromatic carbocycles. The van der Waals surface area contributed by atoms with Crippen LogP contribution in [-0.2, 0) is 6.42 Å². The number of nitrogen functional groups attached to an aromatic ring is 1. The predicted molar refractivity (Wildman–Crippen MR) is 114 cm³/mol. The molecule has 1 unspecified atom stereocenters. The van der Waals surface area contributed by atoms with Crippen LogP contribution in [0.2, 0.25) is 0 Å². The van der Waals surface area contributed by atoms with Gasteiger partial charge < -0.3 is 11.1 Å². The summed E-state index contributed by atoms with van der Waals surface area (Å²) in [5, 5.41) is 17.9. The van der Waals surface area contributed by atoms with Gasteiger partial charge in [-0.15, -0.1) is 10.2 Å². The first kappa shape index (κ1) is 17.6. The van der Waals surface area contributed by atoms with Crippen LogP contribution in [0.1, 0.15) is 28.3 Å². The molecule has 1 aliphatic heterocycles. The summed E-state index contributed by atoms with van der Waals surface area (Å²) in [6.45, 7) is 3.07. The maximum Gasteiger partial charge on any atom is 0.204 e. The van der Waals surface area contributed by atoms with E-state index in [4.69, 9.17) is 5.73 Å². The number of tetrazole rings is 1. The summed E-state index contributed by atoms with van der Waals surface area (Å²) in [6.07, 6.45) is 0.967. The predicted octanol–water partition coefficient (Wildman–Crippen LogP) is 3.66. The van der Waals surface area contributed by atoms with E-state index in [0.717, 1.165) is 24.2 Å². The van der Waals surface area contributed by atoms with Crippen LogP contribution in [-0.4, -0.2) is 27.2 Å². The molecule has 0 amide bonds. The van der Waals surface area contributed by atoms with Crippen LogP contribution in [0.15, 0.2) is 60.7 Å². The van der Waals surface area contributed by atoms with Gasteiger partial charge in [0.05, 0.1) is 6.04 Å². The molecular weight excluding hydrogens is 360 g/mol. The van der Waals surface area contributed by atoms with E-state index in [1.165, 1.54) is 33.4 Å². The number of hydrogen-bond acceptors (Lipinski definition) is 5. The Morgan fingerprint density at radius 1 is 1.00 bits per heavy atom. The minimum atomic E-state index is 0.153. The number of rotatable bonds is 3. The molecule has 2 heterocycles. The number of benzene rings is 3. The summed E-state index contributed by atoms with van der Waals surface area (Å²) in [7, 11) is 0. The van der Waals surface area contributed by atoms with E-state index in [1.807, 2.05) is 24.3 Å². The standard InChI is InChI=1S/C23H22N6/c1-14-5-6-17(22-19-3-2-4-21(24)18(19)11-12-25-22)13-20(14)15-7-9-16(10-8-15)23-26-28-29-27-23/h2-10,13,22,25H,11-12,24H2,1H3,(H,26,27,28,29). The first-order chi connectivity index (χ1) is 14.2. The third-order valence-corrected chi connectivity index (χ3v) is 5.68. The zero-order chi connectivity index (χ0) is 19.8. The van der Waals surface area contributed by atoms with Crippen molar-refractivity contribution in [2.24, 2.45) is 0 Å². The lowest BCUT2D eigenvalue weighted by atomic mass is 9.87. The molecule has 0 bridgehead atoms. The average molecular weight is 382 g/mol. The first-order valence-electron chi connectivity index (χ1n) is 9.76. The highest BCUT2D eigenvalue weighted by Crippen LogP contribution is 2.34. The second-order valence-corrected chi connectivity index (χ2v) is 7.44. The summed E-state index contributed by atoms with van der Waals surface area (Å²) in [4.78, 5) is 0. The number of aromatic amines is 1. The van der Waals surface area contributed by atoms with Gasteiger partial charge in [0, 0.05) is 17.8 Å². The maximum atomic E-state index is 6.24. The number of aromatic nitrogens is 4. The lowest BCUT2D eigenvalue weighted by Gasteiger charge is -2.29. The fraction of sp³-hybridized carbons (Fsp3) is 0.174. The second kappa shape index (κ2) is 7.14. The fourth-order valence-corrected chi connectivity index (χ4v) is 4.14.